The van der Waals surface area contributed by atoms with Crippen LogP contribution in [0.4, 0.5) is 4.39 Å². The van der Waals surface area contributed by atoms with Gasteiger partial charge in [0.2, 0.25) is 5.91 Å². The summed E-state index contributed by atoms with van der Waals surface area (Å²) in [6.07, 6.45) is 2.06. The van der Waals surface area contributed by atoms with Crippen LogP contribution in [-0.2, 0) is 11.2 Å². The van der Waals surface area contributed by atoms with E-state index >= 15 is 0 Å². The Hall–Kier alpha value is -2.28. The predicted octanol–water partition coefficient (Wildman–Crippen LogP) is 2.55. The van der Waals surface area contributed by atoms with Crippen molar-refractivity contribution in [2.24, 2.45) is 0 Å². The summed E-state index contributed by atoms with van der Waals surface area (Å²) < 4.78 is 13.3. The Morgan fingerprint density at radius 1 is 1.44 bits per heavy atom. The smallest absolute Gasteiger partial charge is 0.254 e. The van der Waals surface area contributed by atoms with Crippen molar-refractivity contribution in [2.45, 2.75) is 32.2 Å². The molecular weight excluding hydrogens is 341 g/mol. The number of halogens is 1. The molecule has 132 valence electrons. The minimum atomic E-state index is -0.493. The summed E-state index contributed by atoms with van der Waals surface area (Å²) >= 11 is 1.58. The molecule has 1 aromatic carbocycles. The zero-order valence-corrected chi connectivity index (χ0v) is 14.8. The van der Waals surface area contributed by atoms with E-state index in [9.17, 15) is 14.0 Å². The maximum atomic E-state index is 13.3. The van der Waals surface area contributed by atoms with E-state index in [0.717, 1.165) is 17.1 Å². The number of rotatable bonds is 5. The molecule has 1 fully saturated rings. The second-order valence-electron chi connectivity index (χ2n) is 6.07. The fourth-order valence-corrected chi connectivity index (χ4v) is 3.67. The van der Waals surface area contributed by atoms with Crippen LogP contribution in [0.5, 0.6) is 0 Å². The first-order chi connectivity index (χ1) is 12.0. The van der Waals surface area contributed by atoms with Crippen molar-refractivity contribution in [1.29, 1.82) is 0 Å². The first-order valence-corrected chi connectivity index (χ1v) is 9.18. The third-order valence-corrected chi connectivity index (χ3v) is 5.06. The topological polar surface area (TPSA) is 62.3 Å². The fourth-order valence-electron chi connectivity index (χ4n) is 3.02. The Bertz CT molecular complexity index is 777. The van der Waals surface area contributed by atoms with Crippen LogP contribution < -0.4 is 5.32 Å². The van der Waals surface area contributed by atoms with Crippen LogP contribution in [0.2, 0.25) is 0 Å². The first kappa shape index (κ1) is 17.5. The predicted molar refractivity (Wildman–Crippen MR) is 94.0 cm³/mol. The van der Waals surface area contributed by atoms with Gasteiger partial charge >= 0.3 is 0 Å². The summed E-state index contributed by atoms with van der Waals surface area (Å²) in [5.74, 6) is -0.911. The van der Waals surface area contributed by atoms with Crippen LogP contribution in [0.25, 0.3) is 0 Å². The van der Waals surface area contributed by atoms with E-state index < -0.39 is 11.9 Å². The minimum Gasteiger partial charge on any atom is -0.354 e. The number of benzene rings is 1. The summed E-state index contributed by atoms with van der Waals surface area (Å²) in [6, 6.07) is 5.09. The average Bonchev–Trinajstić information content (AvgIpc) is 3.23. The molecule has 5 nitrogen and oxygen atoms in total. The Labute approximate surface area is 149 Å². The molecule has 0 saturated carbocycles. The maximum absolute atomic E-state index is 13.3. The molecule has 1 atom stereocenters. The van der Waals surface area contributed by atoms with E-state index in [4.69, 9.17) is 0 Å². The first-order valence-electron chi connectivity index (χ1n) is 8.30. The zero-order valence-electron chi connectivity index (χ0n) is 14.0. The SMILES string of the molecule is Cc1nc(CCNC(=O)C2CCCN2C(=O)c2cccc(F)c2)cs1. The van der Waals surface area contributed by atoms with Crippen LogP contribution in [0.1, 0.15) is 33.9 Å². The average molecular weight is 361 g/mol. The summed E-state index contributed by atoms with van der Waals surface area (Å²) in [5, 5.41) is 5.87. The molecule has 2 amide bonds. The molecule has 0 radical (unpaired) electrons. The molecule has 2 aromatic rings. The van der Waals surface area contributed by atoms with Crippen molar-refractivity contribution in [3.63, 3.8) is 0 Å². The highest BCUT2D eigenvalue weighted by atomic mass is 32.1. The van der Waals surface area contributed by atoms with Crippen molar-refractivity contribution >= 4 is 23.2 Å². The van der Waals surface area contributed by atoms with Crippen LogP contribution in [0.3, 0.4) is 0 Å². The molecule has 1 unspecified atom stereocenters. The quantitative estimate of drug-likeness (QED) is 0.890. The lowest BCUT2D eigenvalue weighted by atomic mass is 10.1. The third kappa shape index (κ3) is 4.22. The van der Waals surface area contributed by atoms with Gasteiger partial charge in [-0.15, -0.1) is 11.3 Å². The largest absolute Gasteiger partial charge is 0.354 e. The second kappa shape index (κ2) is 7.74. The van der Waals surface area contributed by atoms with E-state index in [1.54, 1.807) is 17.4 Å². The Kier molecular flexibility index (Phi) is 5.43. The van der Waals surface area contributed by atoms with Crippen LogP contribution in [0, 0.1) is 12.7 Å². The number of aryl methyl sites for hydroxylation is 1. The standard InChI is InChI=1S/C18H20FN3O2S/c1-12-21-15(11-25-12)7-8-20-17(23)16-6-3-9-22(16)18(24)13-4-2-5-14(19)10-13/h2,4-5,10-11,16H,3,6-9H2,1H3,(H,20,23). The van der Waals surface area contributed by atoms with Crippen molar-refractivity contribution in [1.82, 2.24) is 15.2 Å². The molecule has 1 aliphatic heterocycles. The maximum Gasteiger partial charge on any atom is 0.254 e. The monoisotopic (exact) mass is 361 g/mol. The highest BCUT2D eigenvalue weighted by Gasteiger charge is 2.34. The molecule has 25 heavy (non-hydrogen) atoms. The van der Waals surface area contributed by atoms with E-state index in [-0.39, 0.29) is 17.4 Å². The molecule has 1 aliphatic rings. The summed E-state index contributed by atoms with van der Waals surface area (Å²) in [6.45, 7) is 2.94. The van der Waals surface area contributed by atoms with Gasteiger partial charge in [0.15, 0.2) is 0 Å². The highest BCUT2D eigenvalue weighted by molar-refractivity contribution is 7.09. The van der Waals surface area contributed by atoms with Crippen molar-refractivity contribution in [3.05, 3.63) is 51.7 Å². The number of carbonyl (C=O) groups excluding carboxylic acids is 2. The molecule has 0 aliphatic carbocycles. The third-order valence-electron chi connectivity index (χ3n) is 4.23. The minimum absolute atomic E-state index is 0.158. The molecule has 1 N–H and O–H groups in total. The lowest BCUT2D eigenvalue weighted by Crippen LogP contribution is -2.46. The molecule has 1 saturated heterocycles. The molecule has 1 aromatic heterocycles. The molecular formula is C18H20FN3O2S. The van der Waals surface area contributed by atoms with Crippen molar-refractivity contribution < 1.29 is 14.0 Å². The number of likely N-dealkylation sites (tertiary alicyclic amines) is 1. The van der Waals surface area contributed by atoms with Gasteiger partial charge in [0.25, 0.3) is 5.91 Å². The van der Waals surface area contributed by atoms with E-state index in [2.05, 4.69) is 10.3 Å². The number of nitrogens with zero attached hydrogens (tertiary/aromatic N) is 2. The van der Waals surface area contributed by atoms with Crippen LogP contribution in [0.15, 0.2) is 29.6 Å². The van der Waals surface area contributed by atoms with Crippen LogP contribution >= 0.6 is 11.3 Å². The second-order valence-corrected chi connectivity index (χ2v) is 7.13. The van der Waals surface area contributed by atoms with E-state index in [0.29, 0.717) is 25.9 Å². The van der Waals surface area contributed by atoms with Gasteiger partial charge in [-0.2, -0.15) is 0 Å². The number of hydrogen-bond donors (Lipinski definition) is 1. The number of thiazole rings is 1. The highest BCUT2D eigenvalue weighted by Crippen LogP contribution is 2.20. The number of amides is 2. The van der Waals surface area contributed by atoms with E-state index in [1.165, 1.54) is 23.1 Å². The van der Waals surface area contributed by atoms with Gasteiger partial charge in [-0.1, -0.05) is 6.07 Å². The number of carbonyl (C=O) groups is 2. The zero-order chi connectivity index (χ0) is 17.8. The normalized spacial score (nSPS) is 16.9. The van der Waals surface area contributed by atoms with Gasteiger partial charge in [-0.25, -0.2) is 9.37 Å². The summed E-state index contributed by atoms with van der Waals surface area (Å²) in [4.78, 5) is 30.9. The van der Waals surface area contributed by atoms with E-state index in [1.807, 2.05) is 12.3 Å². The fraction of sp³-hybridized carbons (Fsp3) is 0.389. The summed E-state index contributed by atoms with van der Waals surface area (Å²) in [5.41, 5.74) is 1.24. The molecule has 0 spiro atoms. The molecule has 3 rings (SSSR count). The van der Waals surface area contributed by atoms with Gasteiger partial charge in [0, 0.05) is 30.5 Å². The summed E-state index contributed by atoms with van der Waals surface area (Å²) in [7, 11) is 0. The Balaban J connectivity index is 1.58. The Morgan fingerprint density at radius 2 is 2.28 bits per heavy atom. The van der Waals surface area contributed by atoms with Gasteiger partial charge in [0.05, 0.1) is 10.7 Å². The van der Waals surface area contributed by atoms with Gasteiger partial charge < -0.3 is 10.2 Å². The number of aromatic nitrogens is 1. The lowest BCUT2D eigenvalue weighted by Gasteiger charge is -2.24. The molecule has 7 heteroatoms. The lowest BCUT2D eigenvalue weighted by molar-refractivity contribution is -0.124. The van der Waals surface area contributed by atoms with Gasteiger partial charge in [-0.3, -0.25) is 9.59 Å². The molecule has 2 heterocycles. The van der Waals surface area contributed by atoms with Crippen molar-refractivity contribution in [3.8, 4) is 0 Å². The number of hydrogen-bond acceptors (Lipinski definition) is 4. The van der Waals surface area contributed by atoms with Gasteiger partial charge in [-0.05, 0) is 38.0 Å². The van der Waals surface area contributed by atoms with Crippen molar-refractivity contribution in [2.75, 3.05) is 13.1 Å². The number of nitrogens with one attached hydrogen (secondary N) is 1. The molecule has 0 bridgehead atoms. The Morgan fingerprint density at radius 3 is 3.00 bits per heavy atom. The van der Waals surface area contributed by atoms with Crippen LogP contribution in [-0.4, -0.2) is 40.8 Å². The van der Waals surface area contributed by atoms with Gasteiger partial charge in [0.1, 0.15) is 11.9 Å².